The van der Waals surface area contributed by atoms with Crippen LogP contribution in [-0.4, -0.2) is 37.8 Å². The van der Waals surface area contributed by atoms with E-state index in [0.29, 0.717) is 6.04 Å². The van der Waals surface area contributed by atoms with Crippen LogP contribution in [-0.2, 0) is 4.74 Å². The molecule has 0 radical (unpaired) electrons. The van der Waals surface area contributed by atoms with Crippen molar-refractivity contribution in [1.29, 1.82) is 0 Å². The van der Waals surface area contributed by atoms with Crippen LogP contribution in [0.15, 0.2) is 0 Å². The van der Waals surface area contributed by atoms with Crippen molar-refractivity contribution in [3.05, 3.63) is 0 Å². The van der Waals surface area contributed by atoms with Gasteiger partial charge in [-0.2, -0.15) is 11.8 Å². The van der Waals surface area contributed by atoms with Gasteiger partial charge >= 0.3 is 0 Å². The van der Waals surface area contributed by atoms with Gasteiger partial charge in [0.25, 0.3) is 0 Å². The van der Waals surface area contributed by atoms with Crippen LogP contribution in [0.3, 0.4) is 0 Å². The molecule has 0 amide bonds. The van der Waals surface area contributed by atoms with Gasteiger partial charge in [-0.3, -0.25) is 0 Å². The molecule has 1 N–H and O–H groups in total. The Hall–Kier alpha value is 0.270. The van der Waals surface area contributed by atoms with Crippen LogP contribution in [0.1, 0.15) is 6.42 Å². The zero-order valence-electron chi connectivity index (χ0n) is 6.43. The summed E-state index contributed by atoms with van der Waals surface area (Å²) in [6.07, 6.45) is 1.16. The highest BCUT2D eigenvalue weighted by Gasteiger charge is 2.11. The van der Waals surface area contributed by atoms with E-state index in [-0.39, 0.29) is 0 Å². The molecular weight excluding hydrogens is 146 g/mol. The smallest absolute Gasteiger partial charge is 0.0477 e. The molecule has 1 aliphatic heterocycles. The summed E-state index contributed by atoms with van der Waals surface area (Å²) in [4.78, 5) is 0. The summed E-state index contributed by atoms with van der Waals surface area (Å²) in [6.45, 7) is 2.05. The van der Waals surface area contributed by atoms with Gasteiger partial charge < -0.3 is 10.1 Å². The van der Waals surface area contributed by atoms with Gasteiger partial charge in [0.05, 0.1) is 0 Å². The summed E-state index contributed by atoms with van der Waals surface area (Å²) in [5, 5.41) is 3.45. The van der Waals surface area contributed by atoms with Crippen LogP contribution in [0.25, 0.3) is 0 Å². The van der Waals surface area contributed by atoms with Crippen LogP contribution >= 0.6 is 11.8 Å². The third kappa shape index (κ3) is 2.90. The average Bonchev–Trinajstić information content (AvgIpc) is 2.03. The summed E-state index contributed by atoms with van der Waals surface area (Å²) < 4.78 is 5.00. The maximum absolute atomic E-state index is 5.00. The van der Waals surface area contributed by atoms with Gasteiger partial charge in [-0.05, 0) is 6.42 Å². The van der Waals surface area contributed by atoms with Crippen molar-refractivity contribution in [3.8, 4) is 0 Å². The molecule has 3 heteroatoms. The molecule has 1 unspecified atom stereocenters. The number of methoxy groups -OCH3 is 1. The molecule has 2 nitrogen and oxygen atoms in total. The fraction of sp³-hybridized carbons (Fsp3) is 1.00. The molecule has 1 heterocycles. The van der Waals surface area contributed by atoms with Crippen molar-refractivity contribution in [2.75, 3.05) is 31.8 Å². The minimum atomic E-state index is 0.693. The molecule has 0 aromatic carbocycles. The average molecular weight is 161 g/mol. The first kappa shape index (κ1) is 8.37. The SMILES string of the molecule is COCCC1CSCCN1. The Morgan fingerprint density at radius 2 is 2.60 bits per heavy atom. The lowest BCUT2D eigenvalue weighted by atomic mass is 10.2. The molecule has 0 aromatic rings. The van der Waals surface area contributed by atoms with Crippen LogP contribution < -0.4 is 5.32 Å². The zero-order chi connectivity index (χ0) is 7.23. The number of rotatable bonds is 3. The molecule has 60 valence electrons. The van der Waals surface area contributed by atoms with Gasteiger partial charge in [-0.15, -0.1) is 0 Å². The number of thioether (sulfide) groups is 1. The van der Waals surface area contributed by atoms with E-state index in [1.165, 1.54) is 18.1 Å². The van der Waals surface area contributed by atoms with E-state index in [2.05, 4.69) is 5.32 Å². The van der Waals surface area contributed by atoms with Crippen molar-refractivity contribution in [2.24, 2.45) is 0 Å². The predicted octanol–water partition coefficient (Wildman–Crippen LogP) is 0.728. The maximum Gasteiger partial charge on any atom is 0.0477 e. The standard InChI is InChI=1S/C7H15NOS/c1-9-4-2-7-6-10-5-3-8-7/h7-8H,2-6H2,1H3. The van der Waals surface area contributed by atoms with Crippen molar-refractivity contribution in [3.63, 3.8) is 0 Å². The summed E-state index contributed by atoms with van der Waals surface area (Å²) in [7, 11) is 1.76. The van der Waals surface area contributed by atoms with Gasteiger partial charge in [0.2, 0.25) is 0 Å². The van der Waals surface area contributed by atoms with Gasteiger partial charge in [-0.1, -0.05) is 0 Å². The van der Waals surface area contributed by atoms with E-state index in [4.69, 9.17) is 4.74 Å². The zero-order valence-corrected chi connectivity index (χ0v) is 7.25. The van der Waals surface area contributed by atoms with Crippen molar-refractivity contribution in [2.45, 2.75) is 12.5 Å². The van der Waals surface area contributed by atoms with E-state index in [9.17, 15) is 0 Å². The van der Waals surface area contributed by atoms with Crippen LogP contribution in [0.5, 0.6) is 0 Å². The van der Waals surface area contributed by atoms with Gasteiger partial charge in [-0.25, -0.2) is 0 Å². The molecule has 0 aromatic heterocycles. The van der Waals surface area contributed by atoms with Gasteiger partial charge in [0.1, 0.15) is 0 Å². The van der Waals surface area contributed by atoms with Gasteiger partial charge in [0, 0.05) is 37.8 Å². The molecule has 0 saturated carbocycles. The van der Waals surface area contributed by atoms with E-state index >= 15 is 0 Å². The van der Waals surface area contributed by atoms with Crippen LogP contribution in [0, 0.1) is 0 Å². The van der Waals surface area contributed by atoms with E-state index < -0.39 is 0 Å². The quantitative estimate of drug-likeness (QED) is 0.659. The second-order valence-corrected chi connectivity index (χ2v) is 3.66. The van der Waals surface area contributed by atoms with Gasteiger partial charge in [0.15, 0.2) is 0 Å². The Bertz CT molecular complexity index is 83.7. The number of nitrogens with one attached hydrogen (secondary N) is 1. The van der Waals surface area contributed by atoms with Crippen molar-refractivity contribution in [1.82, 2.24) is 5.32 Å². The normalized spacial score (nSPS) is 26.7. The molecule has 0 aliphatic carbocycles. The van der Waals surface area contributed by atoms with E-state index in [1.54, 1.807) is 7.11 Å². The molecule has 0 bridgehead atoms. The second-order valence-electron chi connectivity index (χ2n) is 2.51. The first-order valence-corrected chi connectivity index (χ1v) is 4.89. The minimum absolute atomic E-state index is 0.693. The Morgan fingerprint density at radius 1 is 1.70 bits per heavy atom. The lowest BCUT2D eigenvalue weighted by Gasteiger charge is -2.22. The summed E-state index contributed by atoms with van der Waals surface area (Å²) >= 11 is 2.04. The molecule has 1 aliphatic rings. The minimum Gasteiger partial charge on any atom is -0.385 e. The number of hydrogen-bond acceptors (Lipinski definition) is 3. The molecule has 1 rings (SSSR count). The third-order valence-electron chi connectivity index (χ3n) is 1.67. The van der Waals surface area contributed by atoms with Crippen LogP contribution in [0.2, 0.25) is 0 Å². The molecule has 1 saturated heterocycles. The largest absolute Gasteiger partial charge is 0.385 e. The highest BCUT2D eigenvalue weighted by molar-refractivity contribution is 7.99. The molecular formula is C7H15NOS. The molecule has 1 fully saturated rings. The van der Waals surface area contributed by atoms with Crippen molar-refractivity contribution < 1.29 is 4.74 Å². The summed E-state index contributed by atoms with van der Waals surface area (Å²) in [5.74, 6) is 2.52. The lowest BCUT2D eigenvalue weighted by molar-refractivity contribution is 0.185. The maximum atomic E-state index is 5.00. The highest BCUT2D eigenvalue weighted by Crippen LogP contribution is 2.09. The second kappa shape index (κ2) is 4.99. The molecule has 1 atom stereocenters. The summed E-state index contributed by atoms with van der Waals surface area (Å²) in [5.41, 5.74) is 0. The van der Waals surface area contributed by atoms with Crippen molar-refractivity contribution >= 4 is 11.8 Å². The lowest BCUT2D eigenvalue weighted by Crippen LogP contribution is -2.37. The Labute approximate surface area is 66.7 Å². The monoisotopic (exact) mass is 161 g/mol. The Balaban J connectivity index is 2.02. The first-order chi connectivity index (χ1) is 4.93. The first-order valence-electron chi connectivity index (χ1n) is 3.73. The Kier molecular flexibility index (Phi) is 4.18. The van der Waals surface area contributed by atoms with Crippen LogP contribution in [0.4, 0.5) is 0 Å². The predicted molar refractivity (Wildman–Crippen MR) is 45.6 cm³/mol. The van der Waals surface area contributed by atoms with E-state index in [1.807, 2.05) is 11.8 Å². The highest BCUT2D eigenvalue weighted by atomic mass is 32.2. The number of ether oxygens (including phenoxy) is 1. The topological polar surface area (TPSA) is 21.3 Å². The summed E-state index contributed by atoms with van der Waals surface area (Å²) in [6, 6.07) is 0.693. The van der Waals surface area contributed by atoms with E-state index in [0.717, 1.165) is 13.0 Å². The fourth-order valence-electron chi connectivity index (χ4n) is 1.07. The fourth-order valence-corrected chi connectivity index (χ4v) is 2.06. The molecule has 10 heavy (non-hydrogen) atoms. The third-order valence-corrected chi connectivity index (χ3v) is 2.80. The molecule has 0 spiro atoms. The number of hydrogen-bond donors (Lipinski definition) is 1. The Morgan fingerprint density at radius 3 is 3.20 bits per heavy atom.